The van der Waals surface area contributed by atoms with E-state index in [1.807, 2.05) is 0 Å². The van der Waals surface area contributed by atoms with Crippen molar-refractivity contribution in [1.29, 1.82) is 0 Å². The molecule has 0 aromatic heterocycles. The number of rotatable bonds is 3. The largest absolute Gasteiger partial charge is 0.478 e. The first-order chi connectivity index (χ1) is 8.25. The number of allylic oxidation sites excluding steroid dienone is 1. The summed E-state index contributed by atoms with van der Waals surface area (Å²) in [6, 6.07) is 6.16. The Kier molecular flexibility index (Phi) is 4.05. The lowest BCUT2D eigenvalue weighted by Crippen LogP contribution is -2.22. The van der Waals surface area contributed by atoms with Crippen LogP contribution in [0.1, 0.15) is 11.7 Å². The van der Waals surface area contributed by atoms with Crippen LogP contribution in [-0.4, -0.2) is 17.3 Å². The second-order valence-electron chi connectivity index (χ2n) is 3.30. The minimum atomic E-state index is -5.46. The molecular formula is C11H7F5O2. The molecule has 0 aliphatic rings. The maximum Gasteiger partial charge on any atom is 0.426 e. The van der Waals surface area contributed by atoms with Crippen molar-refractivity contribution in [3.05, 3.63) is 47.3 Å². The fourth-order valence-electron chi connectivity index (χ4n) is 1.25. The first-order valence-corrected chi connectivity index (χ1v) is 4.64. The van der Waals surface area contributed by atoms with Gasteiger partial charge in [-0.1, -0.05) is 30.3 Å². The van der Waals surface area contributed by atoms with Crippen LogP contribution in [0.4, 0.5) is 22.0 Å². The highest BCUT2D eigenvalue weighted by Gasteiger charge is 2.44. The Balaban J connectivity index is 3.25. The molecule has 0 saturated heterocycles. The summed E-state index contributed by atoms with van der Waals surface area (Å²) in [5.74, 6) is -4.92. The summed E-state index contributed by atoms with van der Waals surface area (Å²) < 4.78 is 63.5. The Morgan fingerprint density at radius 1 is 1.17 bits per heavy atom. The lowest BCUT2D eigenvalue weighted by Gasteiger charge is -2.12. The van der Waals surface area contributed by atoms with Gasteiger partial charge in [-0.05, 0) is 5.56 Å². The third-order valence-electron chi connectivity index (χ3n) is 2.05. The van der Waals surface area contributed by atoms with Gasteiger partial charge in [0.25, 0.3) is 0 Å². The normalized spacial score (nSPS) is 14.9. The quantitative estimate of drug-likeness (QED) is 0.670. The smallest absolute Gasteiger partial charge is 0.426 e. The first kappa shape index (κ1) is 14.1. The molecule has 1 unspecified atom stereocenters. The van der Waals surface area contributed by atoms with Gasteiger partial charge >= 0.3 is 12.1 Å². The van der Waals surface area contributed by atoms with Gasteiger partial charge in [0.05, 0.1) is 0 Å². The molecular weight excluding hydrogens is 259 g/mol. The highest BCUT2D eigenvalue weighted by atomic mass is 19.4. The molecule has 98 valence electrons. The molecule has 1 aromatic carbocycles. The minimum Gasteiger partial charge on any atom is -0.478 e. The van der Waals surface area contributed by atoms with E-state index in [-0.39, 0.29) is 0 Å². The van der Waals surface area contributed by atoms with Gasteiger partial charge < -0.3 is 5.11 Å². The molecule has 0 bridgehead atoms. The SMILES string of the molecule is O=C(O)C(=C(F)C(F)c1ccccc1)C(F)(F)F. The molecule has 0 radical (unpaired) electrons. The standard InChI is InChI=1S/C11H7F5O2/c12-8(6-4-2-1-3-5-6)9(13)7(10(17)18)11(14,15)16/h1-5,8H,(H,17,18). The molecule has 0 spiro atoms. The number of aliphatic carboxylic acids is 1. The average Bonchev–Trinajstić information content (AvgIpc) is 2.26. The van der Waals surface area contributed by atoms with Crippen LogP contribution in [0.2, 0.25) is 0 Å². The number of benzene rings is 1. The highest BCUT2D eigenvalue weighted by molar-refractivity contribution is 5.88. The van der Waals surface area contributed by atoms with Crippen molar-refractivity contribution in [2.75, 3.05) is 0 Å². The number of hydrogen-bond acceptors (Lipinski definition) is 1. The van der Waals surface area contributed by atoms with Crippen molar-refractivity contribution in [3.8, 4) is 0 Å². The van der Waals surface area contributed by atoms with E-state index in [0.717, 1.165) is 12.1 Å². The van der Waals surface area contributed by atoms with Gasteiger partial charge in [-0.25, -0.2) is 13.6 Å². The molecule has 0 fully saturated rings. The van der Waals surface area contributed by atoms with Crippen LogP contribution in [0.15, 0.2) is 41.7 Å². The molecule has 0 aliphatic heterocycles. The van der Waals surface area contributed by atoms with Crippen LogP contribution in [-0.2, 0) is 4.79 Å². The Morgan fingerprint density at radius 3 is 2.06 bits per heavy atom. The van der Waals surface area contributed by atoms with Gasteiger partial charge in [-0.2, -0.15) is 13.2 Å². The molecule has 7 heteroatoms. The zero-order valence-electron chi connectivity index (χ0n) is 8.71. The zero-order chi connectivity index (χ0) is 13.9. The van der Waals surface area contributed by atoms with Gasteiger partial charge in [0.15, 0.2) is 17.6 Å². The fraction of sp³-hybridized carbons (Fsp3) is 0.182. The molecule has 2 nitrogen and oxygen atoms in total. The van der Waals surface area contributed by atoms with E-state index in [0.29, 0.717) is 0 Å². The van der Waals surface area contributed by atoms with Crippen molar-refractivity contribution in [1.82, 2.24) is 0 Å². The summed E-state index contributed by atoms with van der Waals surface area (Å²) in [7, 11) is 0. The maximum absolute atomic E-state index is 13.5. The molecule has 0 aliphatic carbocycles. The van der Waals surface area contributed by atoms with Gasteiger partial charge in [0.1, 0.15) is 0 Å². The number of halogens is 5. The summed E-state index contributed by atoms with van der Waals surface area (Å²) in [6.45, 7) is 0. The fourth-order valence-corrected chi connectivity index (χ4v) is 1.25. The second kappa shape index (κ2) is 5.16. The first-order valence-electron chi connectivity index (χ1n) is 4.64. The lowest BCUT2D eigenvalue weighted by molar-refractivity contribution is -0.145. The summed E-state index contributed by atoms with van der Waals surface area (Å²) in [5, 5.41) is 8.29. The van der Waals surface area contributed by atoms with E-state index < -0.39 is 35.3 Å². The molecule has 0 heterocycles. The Labute approximate surface area is 98.3 Å². The van der Waals surface area contributed by atoms with Gasteiger partial charge in [-0.3, -0.25) is 0 Å². The number of carboxylic acids is 1. The Hall–Kier alpha value is -1.92. The van der Waals surface area contributed by atoms with Crippen LogP contribution in [0.3, 0.4) is 0 Å². The van der Waals surface area contributed by atoms with Crippen molar-refractivity contribution in [2.24, 2.45) is 0 Å². The van der Waals surface area contributed by atoms with Crippen LogP contribution in [0.5, 0.6) is 0 Å². The number of carbonyl (C=O) groups is 1. The van der Waals surface area contributed by atoms with E-state index in [1.165, 1.54) is 18.2 Å². The van der Waals surface area contributed by atoms with E-state index in [1.54, 1.807) is 0 Å². The number of alkyl halides is 4. The third-order valence-corrected chi connectivity index (χ3v) is 2.05. The average molecular weight is 266 g/mol. The predicted octanol–water partition coefficient (Wildman–Crippen LogP) is 3.57. The van der Waals surface area contributed by atoms with E-state index >= 15 is 0 Å². The van der Waals surface area contributed by atoms with Crippen molar-refractivity contribution < 1.29 is 31.9 Å². The van der Waals surface area contributed by atoms with Crippen molar-refractivity contribution in [2.45, 2.75) is 12.3 Å². The zero-order valence-corrected chi connectivity index (χ0v) is 8.71. The van der Waals surface area contributed by atoms with Crippen molar-refractivity contribution >= 4 is 5.97 Å². The lowest BCUT2D eigenvalue weighted by atomic mass is 10.1. The molecule has 1 aromatic rings. The summed E-state index contributed by atoms with van der Waals surface area (Å²) in [5.41, 5.74) is -2.92. The van der Waals surface area contributed by atoms with Crippen LogP contribution in [0.25, 0.3) is 0 Å². The summed E-state index contributed by atoms with van der Waals surface area (Å²) in [4.78, 5) is 10.3. The van der Waals surface area contributed by atoms with Gasteiger partial charge in [0, 0.05) is 0 Å². The molecule has 1 N–H and O–H groups in total. The molecule has 0 saturated carbocycles. The third kappa shape index (κ3) is 3.06. The van der Waals surface area contributed by atoms with E-state index in [4.69, 9.17) is 5.11 Å². The van der Waals surface area contributed by atoms with Crippen LogP contribution >= 0.6 is 0 Å². The summed E-state index contributed by atoms with van der Waals surface area (Å²) in [6.07, 6.45) is -8.23. The monoisotopic (exact) mass is 266 g/mol. The maximum atomic E-state index is 13.5. The van der Waals surface area contributed by atoms with Gasteiger partial charge in [-0.15, -0.1) is 0 Å². The molecule has 1 rings (SSSR count). The Bertz CT molecular complexity index is 464. The summed E-state index contributed by atoms with van der Waals surface area (Å²) >= 11 is 0. The number of carboxylic acid groups (broad SMARTS) is 1. The minimum absolute atomic E-state index is 0.391. The van der Waals surface area contributed by atoms with E-state index in [9.17, 15) is 26.7 Å². The molecule has 18 heavy (non-hydrogen) atoms. The van der Waals surface area contributed by atoms with Crippen LogP contribution < -0.4 is 0 Å². The highest BCUT2D eigenvalue weighted by Crippen LogP contribution is 2.36. The van der Waals surface area contributed by atoms with Gasteiger partial charge in [0.2, 0.25) is 0 Å². The van der Waals surface area contributed by atoms with Crippen molar-refractivity contribution in [3.63, 3.8) is 0 Å². The van der Waals surface area contributed by atoms with Crippen LogP contribution in [0, 0.1) is 0 Å². The topological polar surface area (TPSA) is 37.3 Å². The Morgan fingerprint density at radius 2 is 1.67 bits per heavy atom. The number of hydrogen-bond donors (Lipinski definition) is 1. The second-order valence-corrected chi connectivity index (χ2v) is 3.30. The predicted molar refractivity (Wildman–Crippen MR) is 52.1 cm³/mol. The molecule has 0 amide bonds. The van der Waals surface area contributed by atoms with E-state index in [2.05, 4.69) is 0 Å². The molecule has 1 atom stereocenters.